The predicted molar refractivity (Wildman–Crippen MR) is 72.6 cm³/mol. The maximum absolute atomic E-state index is 12.1. The molecule has 1 aromatic rings. The zero-order valence-electron chi connectivity index (χ0n) is 10.5. The molecule has 0 aromatic heterocycles. The smallest absolute Gasteiger partial charge is 0.218 e. The Hall–Kier alpha value is -1.68. The van der Waals surface area contributed by atoms with E-state index < -0.39 is 10.0 Å². The van der Waals surface area contributed by atoms with Gasteiger partial charge >= 0.3 is 0 Å². The Morgan fingerprint density at radius 1 is 1.37 bits per heavy atom. The summed E-state index contributed by atoms with van der Waals surface area (Å²) in [6, 6.07) is 8.35. The molecule has 0 aliphatic rings. The Morgan fingerprint density at radius 2 is 2.00 bits per heavy atom. The number of aliphatic hydroxyl groups is 1. The van der Waals surface area contributed by atoms with Crippen molar-refractivity contribution in [2.45, 2.75) is 5.75 Å². The van der Waals surface area contributed by atoms with Crippen molar-refractivity contribution in [3.05, 3.63) is 48.0 Å². The summed E-state index contributed by atoms with van der Waals surface area (Å²) in [7, 11) is -3.50. The van der Waals surface area contributed by atoms with Crippen molar-refractivity contribution >= 4 is 10.0 Å². The normalized spacial score (nSPS) is 11.2. The molecule has 19 heavy (non-hydrogen) atoms. The van der Waals surface area contributed by atoms with Crippen molar-refractivity contribution < 1.29 is 13.5 Å². The lowest BCUT2D eigenvalue weighted by Crippen LogP contribution is -2.34. The van der Waals surface area contributed by atoms with E-state index in [1.807, 2.05) is 6.07 Å². The summed E-state index contributed by atoms with van der Waals surface area (Å²) in [5.74, 6) is -0.160. The molecule has 0 atom stereocenters. The van der Waals surface area contributed by atoms with Gasteiger partial charge in [0, 0.05) is 13.1 Å². The van der Waals surface area contributed by atoms with Crippen LogP contribution in [0.5, 0.6) is 0 Å². The molecule has 0 bridgehead atoms. The molecule has 0 unspecified atom stereocenters. The highest BCUT2D eigenvalue weighted by atomic mass is 32.2. The van der Waals surface area contributed by atoms with E-state index >= 15 is 0 Å². The van der Waals surface area contributed by atoms with Crippen LogP contribution in [0, 0.1) is 11.3 Å². The third-order valence-corrected chi connectivity index (χ3v) is 4.32. The molecule has 0 saturated carbocycles. The lowest BCUT2D eigenvalue weighted by Gasteiger charge is -2.19. The molecule has 0 spiro atoms. The van der Waals surface area contributed by atoms with Gasteiger partial charge in [0.05, 0.1) is 24.0 Å². The predicted octanol–water partition coefficient (Wildman–Crippen LogP) is 0.868. The number of nitriles is 1. The number of nitrogens with zero attached hydrogens (tertiary/aromatic N) is 2. The summed E-state index contributed by atoms with van der Waals surface area (Å²) >= 11 is 0. The molecule has 1 rings (SSSR count). The van der Waals surface area contributed by atoms with E-state index in [1.165, 1.54) is 10.4 Å². The molecule has 0 radical (unpaired) electrons. The van der Waals surface area contributed by atoms with Gasteiger partial charge in [-0.25, -0.2) is 8.42 Å². The molecular formula is C13H16N2O3S. The van der Waals surface area contributed by atoms with Gasteiger partial charge in [0.15, 0.2) is 0 Å². The van der Waals surface area contributed by atoms with Crippen LogP contribution in [0.15, 0.2) is 36.9 Å². The zero-order valence-corrected chi connectivity index (χ0v) is 11.3. The molecule has 5 nitrogen and oxygen atoms in total. The highest BCUT2D eigenvalue weighted by molar-refractivity contribution is 7.88. The zero-order chi connectivity index (χ0) is 14.3. The fourth-order valence-electron chi connectivity index (χ4n) is 1.58. The molecule has 0 amide bonds. The van der Waals surface area contributed by atoms with Crippen molar-refractivity contribution in [1.82, 2.24) is 4.31 Å². The second-order valence-corrected chi connectivity index (χ2v) is 5.90. The highest BCUT2D eigenvalue weighted by Crippen LogP contribution is 2.12. The molecule has 0 heterocycles. The van der Waals surface area contributed by atoms with Crippen molar-refractivity contribution in [3.8, 4) is 6.07 Å². The minimum Gasteiger partial charge on any atom is -0.395 e. The van der Waals surface area contributed by atoms with Crippen LogP contribution in [0.3, 0.4) is 0 Å². The Labute approximate surface area is 113 Å². The summed E-state index contributed by atoms with van der Waals surface area (Å²) in [6.07, 6.45) is 1.48. The minimum atomic E-state index is -3.50. The molecule has 0 saturated heterocycles. The largest absolute Gasteiger partial charge is 0.395 e. The first kappa shape index (κ1) is 15.4. The van der Waals surface area contributed by atoms with Gasteiger partial charge in [-0.3, -0.25) is 0 Å². The Balaban J connectivity index is 2.87. The van der Waals surface area contributed by atoms with Crippen LogP contribution in [0.1, 0.15) is 11.1 Å². The van der Waals surface area contributed by atoms with Gasteiger partial charge < -0.3 is 5.11 Å². The maximum atomic E-state index is 12.1. The van der Waals surface area contributed by atoms with Crippen molar-refractivity contribution in [3.63, 3.8) is 0 Å². The lowest BCUT2D eigenvalue weighted by molar-refractivity contribution is 0.260. The third kappa shape index (κ3) is 4.48. The van der Waals surface area contributed by atoms with Gasteiger partial charge in [-0.2, -0.15) is 9.57 Å². The van der Waals surface area contributed by atoms with Crippen LogP contribution in [0.25, 0.3) is 0 Å². The van der Waals surface area contributed by atoms with E-state index in [9.17, 15) is 8.42 Å². The first-order valence-electron chi connectivity index (χ1n) is 5.72. The van der Waals surface area contributed by atoms with E-state index in [0.29, 0.717) is 11.1 Å². The second kappa shape index (κ2) is 7.04. The first-order valence-corrected chi connectivity index (χ1v) is 7.33. The van der Waals surface area contributed by atoms with Crippen LogP contribution < -0.4 is 0 Å². The van der Waals surface area contributed by atoms with Gasteiger partial charge in [-0.05, 0) is 17.7 Å². The molecule has 0 aliphatic carbocycles. The van der Waals surface area contributed by atoms with E-state index in [-0.39, 0.29) is 25.4 Å². The summed E-state index contributed by atoms with van der Waals surface area (Å²) in [6.45, 7) is 3.48. The Kier molecular flexibility index (Phi) is 5.70. The number of sulfonamides is 1. The summed E-state index contributed by atoms with van der Waals surface area (Å²) in [5, 5.41) is 17.6. The monoisotopic (exact) mass is 280 g/mol. The number of hydrogen-bond donors (Lipinski definition) is 1. The summed E-state index contributed by atoms with van der Waals surface area (Å²) in [5.41, 5.74) is 1.09. The number of benzene rings is 1. The number of hydrogen-bond acceptors (Lipinski definition) is 4. The van der Waals surface area contributed by atoms with E-state index in [1.54, 1.807) is 24.3 Å². The second-order valence-electron chi connectivity index (χ2n) is 3.94. The SMILES string of the molecule is C=CCN(CCO)S(=O)(=O)Cc1ccc(C#N)cc1. The van der Waals surface area contributed by atoms with E-state index in [0.717, 1.165) is 0 Å². The lowest BCUT2D eigenvalue weighted by atomic mass is 10.2. The van der Waals surface area contributed by atoms with Crippen LogP contribution in [0.2, 0.25) is 0 Å². The topological polar surface area (TPSA) is 81.4 Å². The Morgan fingerprint density at radius 3 is 2.47 bits per heavy atom. The fraction of sp³-hybridized carbons (Fsp3) is 0.308. The van der Waals surface area contributed by atoms with Gasteiger partial charge in [0.2, 0.25) is 10.0 Å². The highest BCUT2D eigenvalue weighted by Gasteiger charge is 2.20. The molecule has 102 valence electrons. The van der Waals surface area contributed by atoms with Crippen LogP contribution in [0.4, 0.5) is 0 Å². The molecule has 1 aromatic carbocycles. The molecule has 0 aliphatic heterocycles. The van der Waals surface area contributed by atoms with Gasteiger partial charge in [-0.1, -0.05) is 18.2 Å². The number of rotatable bonds is 7. The quantitative estimate of drug-likeness (QED) is 0.751. The molecular weight excluding hydrogens is 264 g/mol. The number of aliphatic hydroxyl groups excluding tert-OH is 1. The summed E-state index contributed by atoms with van der Waals surface area (Å²) in [4.78, 5) is 0. The minimum absolute atomic E-state index is 0.0463. The van der Waals surface area contributed by atoms with Crippen molar-refractivity contribution in [2.24, 2.45) is 0 Å². The third-order valence-electron chi connectivity index (χ3n) is 2.51. The van der Waals surface area contributed by atoms with Crippen molar-refractivity contribution in [1.29, 1.82) is 5.26 Å². The maximum Gasteiger partial charge on any atom is 0.218 e. The summed E-state index contributed by atoms with van der Waals surface area (Å²) < 4.78 is 25.5. The van der Waals surface area contributed by atoms with E-state index in [2.05, 4.69) is 6.58 Å². The first-order chi connectivity index (χ1) is 9.03. The Bertz CT molecular complexity index is 559. The molecule has 0 fully saturated rings. The van der Waals surface area contributed by atoms with Gasteiger partial charge in [0.1, 0.15) is 0 Å². The fourth-order valence-corrected chi connectivity index (χ4v) is 3.07. The van der Waals surface area contributed by atoms with Crippen molar-refractivity contribution in [2.75, 3.05) is 19.7 Å². The van der Waals surface area contributed by atoms with Gasteiger partial charge in [-0.15, -0.1) is 6.58 Å². The molecule has 6 heteroatoms. The van der Waals surface area contributed by atoms with Crippen LogP contribution in [-0.4, -0.2) is 37.5 Å². The average molecular weight is 280 g/mol. The molecule has 1 N–H and O–H groups in total. The standard InChI is InChI=1S/C13H16N2O3S/c1-2-7-15(8-9-16)19(17,18)11-13-5-3-12(10-14)4-6-13/h2-6,16H,1,7-9,11H2. The van der Waals surface area contributed by atoms with Crippen LogP contribution in [-0.2, 0) is 15.8 Å². The van der Waals surface area contributed by atoms with Gasteiger partial charge in [0.25, 0.3) is 0 Å². The average Bonchev–Trinajstić information content (AvgIpc) is 2.39. The van der Waals surface area contributed by atoms with E-state index in [4.69, 9.17) is 10.4 Å². The van der Waals surface area contributed by atoms with Crippen LogP contribution >= 0.6 is 0 Å².